The number of aliphatic carboxylic acids is 1. The molecule has 2 aromatic rings. The molecule has 0 aliphatic heterocycles. The van der Waals surface area contributed by atoms with Crippen LogP contribution in [0, 0.1) is 13.8 Å². The second-order valence-electron chi connectivity index (χ2n) is 4.72. The van der Waals surface area contributed by atoms with Crippen LogP contribution >= 0.6 is 0 Å². The summed E-state index contributed by atoms with van der Waals surface area (Å²) >= 11 is 0. The Morgan fingerprint density at radius 3 is 2.57 bits per heavy atom. The first-order valence-corrected chi connectivity index (χ1v) is 6.14. The molecular formula is C14H13F3N2O2. The number of halogens is 3. The van der Waals surface area contributed by atoms with Crippen molar-refractivity contribution in [2.45, 2.75) is 26.4 Å². The molecule has 0 aliphatic rings. The minimum atomic E-state index is -4.68. The summed E-state index contributed by atoms with van der Waals surface area (Å²) in [5.41, 5.74) is 0.386. The van der Waals surface area contributed by atoms with Gasteiger partial charge in [0.15, 0.2) is 5.69 Å². The van der Waals surface area contributed by atoms with Crippen molar-refractivity contribution in [3.63, 3.8) is 0 Å². The molecule has 1 heterocycles. The molecule has 0 fully saturated rings. The van der Waals surface area contributed by atoms with E-state index < -0.39 is 24.3 Å². The smallest absolute Gasteiger partial charge is 0.433 e. The van der Waals surface area contributed by atoms with Crippen LogP contribution in [0.2, 0.25) is 0 Å². The third-order valence-corrected chi connectivity index (χ3v) is 3.26. The van der Waals surface area contributed by atoms with Crippen molar-refractivity contribution in [2.24, 2.45) is 0 Å². The van der Waals surface area contributed by atoms with Crippen molar-refractivity contribution in [1.82, 2.24) is 9.78 Å². The van der Waals surface area contributed by atoms with Crippen LogP contribution in [0.4, 0.5) is 13.2 Å². The summed E-state index contributed by atoms with van der Waals surface area (Å²) < 4.78 is 40.5. The molecule has 0 saturated carbocycles. The van der Waals surface area contributed by atoms with Gasteiger partial charge in [0.1, 0.15) is 0 Å². The lowest BCUT2D eigenvalue weighted by molar-refractivity contribution is -0.144. The Hall–Kier alpha value is -2.31. The van der Waals surface area contributed by atoms with E-state index in [4.69, 9.17) is 5.11 Å². The lowest BCUT2D eigenvalue weighted by atomic mass is 10.1. The molecule has 0 unspecified atom stereocenters. The minimum absolute atomic E-state index is 0.291. The van der Waals surface area contributed by atoms with Crippen LogP contribution in [-0.2, 0) is 17.4 Å². The van der Waals surface area contributed by atoms with Gasteiger partial charge in [-0.05, 0) is 31.0 Å². The van der Waals surface area contributed by atoms with Gasteiger partial charge >= 0.3 is 12.1 Å². The molecule has 0 radical (unpaired) electrons. The molecule has 0 atom stereocenters. The van der Waals surface area contributed by atoms with Crippen LogP contribution in [0.15, 0.2) is 24.4 Å². The number of alkyl halides is 3. The van der Waals surface area contributed by atoms with E-state index in [-0.39, 0.29) is 5.56 Å². The summed E-state index contributed by atoms with van der Waals surface area (Å²) in [4.78, 5) is 10.7. The van der Waals surface area contributed by atoms with Crippen molar-refractivity contribution in [2.75, 3.05) is 0 Å². The second kappa shape index (κ2) is 5.23. The fourth-order valence-corrected chi connectivity index (χ4v) is 2.12. The van der Waals surface area contributed by atoms with Crippen molar-refractivity contribution >= 4 is 5.97 Å². The number of carbonyl (C=O) groups is 1. The van der Waals surface area contributed by atoms with E-state index in [0.29, 0.717) is 11.3 Å². The quantitative estimate of drug-likeness (QED) is 0.947. The van der Waals surface area contributed by atoms with Crippen LogP contribution in [0.25, 0.3) is 5.69 Å². The van der Waals surface area contributed by atoms with Gasteiger partial charge in [-0.25, -0.2) is 4.68 Å². The summed E-state index contributed by atoms with van der Waals surface area (Å²) in [7, 11) is 0. The highest BCUT2D eigenvalue weighted by atomic mass is 19.4. The number of benzene rings is 1. The van der Waals surface area contributed by atoms with Crippen molar-refractivity contribution in [3.8, 4) is 5.69 Å². The molecular weight excluding hydrogens is 285 g/mol. The molecule has 112 valence electrons. The van der Waals surface area contributed by atoms with E-state index in [0.717, 1.165) is 16.4 Å². The average molecular weight is 298 g/mol. The lowest BCUT2D eigenvalue weighted by Crippen LogP contribution is -2.17. The molecule has 0 amide bonds. The molecule has 2 rings (SSSR count). The Morgan fingerprint density at radius 2 is 2.00 bits per heavy atom. The van der Waals surface area contributed by atoms with E-state index >= 15 is 0 Å². The number of carboxylic acid groups (broad SMARTS) is 1. The van der Waals surface area contributed by atoms with Crippen LogP contribution in [-0.4, -0.2) is 20.9 Å². The SMILES string of the molecule is Cc1cccc(-n2ncc(CC(=O)O)c2C(F)(F)F)c1C. The van der Waals surface area contributed by atoms with Gasteiger partial charge in [0.25, 0.3) is 0 Å². The number of aromatic nitrogens is 2. The minimum Gasteiger partial charge on any atom is -0.481 e. The first kappa shape index (κ1) is 15.1. The van der Waals surface area contributed by atoms with Gasteiger partial charge in [-0.15, -0.1) is 0 Å². The van der Waals surface area contributed by atoms with Gasteiger partial charge in [0.2, 0.25) is 0 Å². The summed E-state index contributed by atoms with van der Waals surface area (Å²) in [6.07, 6.45) is -4.45. The van der Waals surface area contributed by atoms with E-state index in [2.05, 4.69) is 5.10 Å². The molecule has 0 aliphatic carbocycles. The van der Waals surface area contributed by atoms with Gasteiger partial charge in [0, 0.05) is 5.56 Å². The number of aryl methyl sites for hydroxylation is 1. The zero-order valence-corrected chi connectivity index (χ0v) is 11.4. The molecule has 1 aromatic heterocycles. The van der Waals surface area contributed by atoms with Crippen molar-refractivity contribution in [3.05, 3.63) is 46.8 Å². The van der Waals surface area contributed by atoms with Gasteiger partial charge in [-0.2, -0.15) is 18.3 Å². The van der Waals surface area contributed by atoms with Gasteiger partial charge in [-0.1, -0.05) is 12.1 Å². The Morgan fingerprint density at radius 1 is 1.33 bits per heavy atom. The summed E-state index contributed by atoms with van der Waals surface area (Å²) in [5.74, 6) is -1.33. The van der Waals surface area contributed by atoms with E-state index in [9.17, 15) is 18.0 Å². The number of hydrogen-bond donors (Lipinski definition) is 1. The van der Waals surface area contributed by atoms with Gasteiger partial charge in [-0.3, -0.25) is 4.79 Å². The molecule has 7 heteroatoms. The number of nitrogens with zero attached hydrogens (tertiary/aromatic N) is 2. The largest absolute Gasteiger partial charge is 0.481 e. The first-order valence-electron chi connectivity index (χ1n) is 6.14. The van der Waals surface area contributed by atoms with Crippen molar-refractivity contribution in [1.29, 1.82) is 0 Å². The maximum Gasteiger partial charge on any atom is 0.433 e. The summed E-state index contributed by atoms with van der Waals surface area (Å²) in [6.45, 7) is 3.48. The van der Waals surface area contributed by atoms with Crippen LogP contribution in [0.5, 0.6) is 0 Å². The second-order valence-corrected chi connectivity index (χ2v) is 4.72. The van der Waals surface area contributed by atoms with Gasteiger partial charge < -0.3 is 5.11 Å². The Kier molecular flexibility index (Phi) is 3.76. The van der Waals surface area contributed by atoms with E-state index in [1.807, 2.05) is 0 Å². The molecule has 0 spiro atoms. The van der Waals surface area contributed by atoms with Gasteiger partial charge in [0.05, 0.1) is 18.3 Å². The molecule has 0 bridgehead atoms. The zero-order chi connectivity index (χ0) is 15.8. The van der Waals surface area contributed by atoms with E-state index in [1.54, 1.807) is 26.0 Å². The topological polar surface area (TPSA) is 55.1 Å². The highest BCUT2D eigenvalue weighted by molar-refractivity contribution is 5.70. The number of hydrogen-bond acceptors (Lipinski definition) is 2. The standard InChI is InChI=1S/C14H13F3N2O2/c1-8-4-3-5-11(9(8)2)19-13(14(15,16)17)10(7-18-19)6-12(20)21/h3-5,7H,6H2,1-2H3,(H,20,21). The van der Waals surface area contributed by atoms with Crippen LogP contribution < -0.4 is 0 Å². The molecule has 1 aromatic carbocycles. The fourth-order valence-electron chi connectivity index (χ4n) is 2.12. The maximum atomic E-state index is 13.3. The monoisotopic (exact) mass is 298 g/mol. The molecule has 4 nitrogen and oxygen atoms in total. The highest BCUT2D eigenvalue weighted by Gasteiger charge is 2.39. The maximum absolute atomic E-state index is 13.3. The Bertz CT molecular complexity index is 690. The third kappa shape index (κ3) is 2.91. The zero-order valence-electron chi connectivity index (χ0n) is 11.4. The van der Waals surface area contributed by atoms with Crippen molar-refractivity contribution < 1.29 is 23.1 Å². The summed E-state index contributed by atoms with van der Waals surface area (Å²) in [6, 6.07) is 4.94. The van der Waals surface area contributed by atoms with E-state index in [1.165, 1.54) is 6.07 Å². The predicted molar refractivity (Wildman–Crippen MR) is 69.4 cm³/mol. The van der Waals surface area contributed by atoms with Crippen LogP contribution in [0.3, 0.4) is 0 Å². The predicted octanol–water partition coefficient (Wildman–Crippen LogP) is 3.14. The Balaban J connectivity index is 2.67. The fraction of sp³-hybridized carbons (Fsp3) is 0.286. The number of rotatable bonds is 3. The average Bonchev–Trinajstić information content (AvgIpc) is 2.75. The third-order valence-electron chi connectivity index (χ3n) is 3.26. The normalized spacial score (nSPS) is 11.7. The molecule has 21 heavy (non-hydrogen) atoms. The first-order chi connectivity index (χ1) is 9.71. The Labute approximate surface area is 118 Å². The highest BCUT2D eigenvalue weighted by Crippen LogP contribution is 2.34. The molecule has 1 N–H and O–H groups in total. The lowest BCUT2D eigenvalue weighted by Gasteiger charge is -2.15. The number of carboxylic acids is 1. The summed E-state index contributed by atoms with van der Waals surface area (Å²) in [5, 5.41) is 12.5. The molecule has 0 saturated heterocycles. The van der Waals surface area contributed by atoms with Crippen LogP contribution in [0.1, 0.15) is 22.4 Å².